The fourth-order valence-electron chi connectivity index (χ4n) is 10.4. The fourth-order valence-corrected chi connectivity index (χ4v) is 11.5. The van der Waals surface area contributed by atoms with Gasteiger partial charge in [0.05, 0.1) is 16.6 Å². The number of fused-ring (bicyclic) bond motifs is 9. The summed E-state index contributed by atoms with van der Waals surface area (Å²) in [5, 5.41) is 6.56. The van der Waals surface area contributed by atoms with Crippen LogP contribution < -0.4 is 5.73 Å². The Kier molecular flexibility index (Phi) is 9.19. The van der Waals surface area contributed by atoms with Crippen molar-refractivity contribution < 1.29 is 0 Å². The topological polar surface area (TPSA) is 35.9 Å². The van der Waals surface area contributed by atoms with Crippen LogP contribution in [0.4, 0.5) is 0 Å². The van der Waals surface area contributed by atoms with Gasteiger partial charge >= 0.3 is 0 Å². The summed E-state index contributed by atoms with van der Waals surface area (Å²) in [6.07, 6.45) is 7.84. The minimum absolute atomic E-state index is 0.211. The number of thiophene rings is 1. The van der Waals surface area contributed by atoms with E-state index in [1.807, 2.05) is 11.3 Å². The molecule has 0 bridgehead atoms. The molecule has 1 aliphatic rings. The van der Waals surface area contributed by atoms with Gasteiger partial charge in [0.15, 0.2) is 0 Å². The number of aromatic nitrogens is 2. The first kappa shape index (κ1) is 38.7. The zero-order valence-corrected chi connectivity index (χ0v) is 37.1. The molecule has 2 unspecified atom stereocenters. The van der Waals surface area contributed by atoms with Crippen LogP contribution in [-0.4, -0.2) is 14.7 Å². The van der Waals surface area contributed by atoms with Crippen LogP contribution in [0.1, 0.15) is 69.3 Å². The highest BCUT2D eigenvalue weighted by atomic mass is 32.1. The lowest BCUT2D eigenvalue weighted by Crippen LogP contribution is -2.43. The van der Waals surface area contributed by atoms with E-state index in [-0.39, 0.29) is 16.9 Å². The van der Waals surface area contributed by atoms with Crippen LogP contribution in [0.15, 0.2) is 164 Å². The molecule has 2 N–H and O–H groups in total. The first-order chi connectivity index (χ1) is 30.0. The monoisotopic (exact) mass is 823 g/mol. The smallest absolute Gasteiger partial charge is 0.0541 e. The SMILES string of the molecule is CC(C)(C)CC(Cc1cccc(-n2c3c(c4ccccc42)CC(c2ccc4sc5ccc(-c6cccc(-n7c8ccccc8c8ccccc87)c6)cc5c4c2)C=C3)c1)C(C)(C)N. The lowest BCUT2D eigenvalue weighted by atomic mass is 9.73. The van der Waals surface area contributed by atoms with E-state index in [1.54, 1.807) is 0 Å². The molecular formula is C58H53N3S. The summed E-state index contributed by atoms with van der Waals surface area (Å²) in [5.74, 6) is 0.657. The highest BCUT2D eigenvalue weighted by molar-refractivity contribution is 7.25. The van der Waals surface area contributed by atoms with Crippen LogP contribution in [-0.2, 0) is 12.8 Å². The predicted molar refractivity (Wildman–Crippen MR) is 267 cm³/mol. The van der Waals surface area contributed by atoms with E-state index in [2.05, 4.69) is 214 Å². The molecule has 3 nitrogen and oxygen atoms in total. The third kappa shape index (κ3) is 6.77. The van der Waals surface area contributed by atoms with E-state index in [0.29, 0.717) is 5.92 Å². The van der Waals surface area contributed by atoms with Gasteiger partial charge in [-0.25, -0.2) is 0 Å². The lowest BCUT2D eigenvalue weighted by Gasteiger charge is -2.35. The van der Waals surface area contributed by atoms with Crippen LogP contribution >= 0.6 is 11.3 Å². The van der Waals surface area contributed by atoms with Crippen LogP contribution in [0.2, 0.25) is 0 Å². The van der Waals surface area contributed by atoms with Crippen molar-refractivity contribution >= 4 is 70.3 Å². The Hall–Kier alpha value is -6.20. The van der Waals surface area contributed by atoms with Crippen LogP contribution in [0.25, 0.3) is 81.5 Å². The largest absolute Gasteiger partial charge is 0.325 e. The Bertz CT molecular complexity index is 3320. The minimum Gasteiger partial charge on any atom is -0.325 e. The van der Waals surface area contributed by atoms with Crippen molar-refractivity contribution in [1.82, 2.24) is 9.13 Å². The number of rotatable bonds is 8. The molecule has 7 aromatic carbocycles. The Morgan fingerprint density at radius 2 is 1.18 bits per heavy atom. The van der Waals surface area contributed by atoms with Crippen molar-refractivity contribution in [2.45, 2.75) is 65.3 Å². The summed E-state index contributed by atoms with van der Waals surface area (Å²) in [4.78, 5) is 0. The molecule has 0 amide bonds. The van der Waals surface area contributed by atoms with Gasteiger partial charge < -0.3 is 14.9 Å². The third-order valence-electron chi connectivity index (χ3n) is 13.4. The maximum atomic E-state index is 6.81. The second kappa shape index (κ2) is 14.7. The van der Waals surface area contributed by atoms with E-state index in [9.17, 15) is 0 Å². The zero-order chi connectivity index (χ0) is 42.3. The van der Waals surface area contributed by atoms with Crippen molar-refractivity contribution in [3.63, 3.8) is 0 Å². The molecule has 11 rings (SSSR count). The number of nitrogens with two attached hydrogens (primary N) is 1. The van der Waals surface area contributed by atoms with E-state index < -0.39 is 0 Å². The molecule has 306 valence electrons. The van der Waals surface area contributed by atoms with Crippen molar-refractivity contribution in [3.8, 4) is 22.5 Å². The Labute approximate surface area is 368 Å². The Morgan fingerprint density at radius 1 is 0.581 bits per heavy atom. The maximum Gasteiger partial charge on any atom is 0.0541 e. The first-order valence-electron chi connectivity index (χ1n) is 22.2. The van der Waals surface area contributed by atoms with Gasteiger partial charge in [0.1, 0.15) is 0 Å². The average molecular weight is 824 g/mol. The maximum absolute atomic E-state index is 6.81. The summed E-state index contributed by atoms with van der Waals surface area (Å²) in [7, 11) is 0. The zero-order valence-electron chi connectivity index (χ0n) is 36.3. The minimum atomic E-state index is -0.262. The molecular weight excluding hydrogens is 771 g/mol. The van der Waals surface area contributed by atoms with Gasteiger partial charge in [-0.15, -0.1) is 11.3 Å². The second-order valence-corrected chi connectivity index (χ2v) is 20.6. The Balaban J connectivity index is 0.934. The molecule has 10 aromatic rings. The number of benzene rings is 7. The lowest BCUT2D eigenvalue weighted by molar-refractivity contribution is 0.213. The standard InChI is InChI=1S/C58H53N3S/c1-57(2,3)36-42(58(4,5)59)30-37-14-12-16-43(31-37)60-53-23-11-8-20-47(53)48-33-39(24-27-54(48)60)41-26-29-56-50(35-41)49-34-40(25-28-55(49)62-56)38-15-13-17-44(32-38)61-51-21-9-6-18-45(51)46-19-7-10-22-52(46)61/h6-29,31-32,34-35,39,42H,30,33,36,59H2,1-5H3. The van der Waals surface area contributed by atoms with E-state index in [0.717, 1.165) is 19.3 Å². The third-order valence-corrected chi connectivity index (χ3v) is 14.6. The highest BCUT2D eigenvalue weighted by Gasteiger charge is 2.30. The molecule has 0 fully saturated rings. The molecule has 3 aromatic heterocycles. The molecule has 4 heteroatoms. The molecule has 0 radical (unpaired) electrons. The van der Waals surface area contributed by atoms with E-state index in [1.165, 1.54) is 97.8 Å². The quantitative estimate of drug-likeness (QED) is 0.163. The second-order valence-electron chi connectivity index (χ2n) is 19.5. The molecule has 1 aliphatic carbocycles. The van der Waals surface area contributed by atoms with Crippen molar-refractivity contribution in [2.75, 3.05) is 0 Å². The van der Waals surface area contributed by atoms with Crippen LogP contribution in [0, 0.1) is 11.3 Å². The molecule has 0 spiro atoms. The van der Waals surface area contributed by atoms with Gasteiger partial charge in [0.2, 0.25) is 0 Å². The number of hydrogen-bond donors (Lipinski definition) is 1. The number of hydrogen-bond acceptors (Lipinski definition) is 2. The number of allylic oxidation sites excluding steroid dienone is 1. The van der Waals surface area contributed by atoms with Gasteiger partial charge in [-0.1, -0.05) is 118 Å². The molecule has 0 saturated carbocycles. The van der Waals surface area contributed by atoms with Gasteiger partial charge in [-0.3, -0.25) is 0 Å². The van der Waals surface area contributed by atoms with Crippen molar-refractivity contribution in [1.29, 1.82) is 0 Å². The Morgan fingerprint density at radius 3 is 1.87 bits per heavy atom. The molecule has 0 saturated heterocycles. The normalized spacial score (nSPS) is 15.0. The first-order valence-corrected chi connectivity index (χ1v) is 23.0. The summed E-state index contributed by atoms with van der Waals surface area (Å²) in [6.45, 7) is 11.4. The van der Waals surface area contributed by atoms with Crippen LogP contribution in [0.3, 0.4) is 0 Å². The van der Waals surface area contributed by atoms with Gasteiger partial charge in [0, 0.05) is 64.9 Å². The summed E-state index contributed by atoms with van der Waals surface area (Å²) in [5.41, 5.74) is 20.8. The van der Waals surface area contributed by atoms with E-state index >= 15 is 0 Å². The molecule has 3 heterocycles. The van der Waals surface area contributed by atoms with Crippen molar-refractivity contribution in [3.05, 3.63) is 186 Å². The number of nitrogens with zero attached hydrogens (tertiary/aromatic N) is 2. The summed E-state index contributed by atoms with van der Waals surface area (Å²) in [6, 6.07) is 58.9. The van der Waals surface area contributed by atoms with Gasteiger partial charge in [-0.05, 0) is 145 Å². The van der Waals surface area contributed by atoms with Crippen LogP contribution in [0.5, 0.6) is 0 Å². The van der Waals surface area contributed by atoms with Crippen molar-refractivity contribution in [2.24, 2.45) is 17.1 Å². The predicted octanol–water partition coefficient (Wildman–Crippen LogP) is 15.4. The summed E-state index contributed by atoms with van der Waals surface area (Å²) >= 11 is 1.89. The van der Waals surface area contributed by atoms with E-state index in [4.69, 9.17) is 5.73 Å². The average Bonchev–Trinajstić information content (AvgIpc) is 3.92. The van der Waals surface area contributed by atoms with Gasteiger partial charge in [-0.2, -0.15) is 0 Å². The molecule has 62 heavy (non-hydrogen) atoms. The van der Waals surface area contributed by atoms with Gasteiger partial charge in [0.25, 0.3) is 0 Å². The summed E-state index contributed by atoms with van der Waals surface area (Å²) < 4.78 is 7.55. The number of para-hydroxylation sites is 3. The molecule has 0 aliphatic heterocycles. The highest BCUT2D eigenvalue weighted by Crippen LogP contribution is 2.43. The fraction of sp³-hybridized carbons (Fsp3) is 0.207. The molecule has 2 atom stereocenters.